The molecule has 5 heteroatoms. The van der Waals surface area contributed by atoms with Crippen molar-refractivity contribution in [2.45, 2.75) is 0 Å². The number of carbonyl (C=O) groups excluding carboxylic acids is 1. The molecule has 2 aromatic rings. The van der Waals surface area contributed by atoms with Crippen LogP contribution in [0.1, 0.15) is 10.4 Å². The van der Waals surface area contributed by atoms with E-state index in [0.717, 1.165) is 5.69 Å². The SMILES string of the molecule is C=CCNc1ccc(NC(=O)c2ccccc2F)nc1. The molecule has 0 saturated heterocycles. The van der Waals surface area contributed by atoms with Gasteiger partial charge in [-0.1, -0.05) is 18.2 Å². The summed E-state index contributed by atoms with van der Waals surface area (Å²) in [5.74, 6) is -0.723. The zero-order chi connectivity index (χ0) is 14.4. The predicted molar refractivity (Wildman–Crippen MR) is 77.3 cm³/mol. The van der Waals surface area contributed by atoms with Crippen LogP contribution in [-0.4, -0.2) is 17.4 Å². The van der Waals surface area contributed by atoms with E-state index >= 15 is 0 Å². The van der Waals surface area contributed by atoms with Crippen LogP contribution in [0.15, 0.2) is 55.3 Å². The van der Waals surface area contributed by atoms with E-state index in [1.54, 1.807) is 30.5 Å². The van der Waals surface area contributed by atoms with Crippen molar-refractivity contribution in [3.63, 3.8) is 0 Å². The first-order valence-corrected chi connectivity index (χ1v) is 6.07. The normalized spacial score (nSPS) is 9.85. The van der Waals surface area contributed by atoms with E-state index in [0.29, 0.717) is 12.4 Å². The predicted octanol–water partition coefficient (Wildman–Crippen LogP) is 3.07. The van der Waals surface area contributed by atoms with E-state index in [4.69, 9.17) is 0 Å². The summed E-state index contributed by atoms with van der Waals surface area (Å²) >= 11 is 0. The third-order valence-corrected chi connectivity index (χ3v) is 2.57. The average molecular weight is 271 g/mol. The first kappa shape index (κ1) is 13.7. The summed E-state index contributed by atoms with van der Waals surface area (Å²) in [5.41, 5.74) is 0.803. The van der Waals surface area contributed by atoms with Crippen molar-refractivity contribution in [2.75, 3.05) is 17.2 Å². The molecule has 0 aliphatic carbocycles. The summed E-state index contributed by atoms with van der Waals surface area (Å²) in [6.45, 7) is 4.23. The van der Waals surface area contributed by atoms with E-state index in [1.165, 1.54) is 18.2 Å². The molecule has 0 bridgehead atoms. The van der Waals surface area contributed by atoms with Gasteiger partial charge < -0.3 is 10.6 Å². The van der Waals surface area contributed by atoms with E-state index in [9.17, 15) is 9.18 Å². The number of nitrogens with one attached hydrogen (secondary N) is 2. The lowest BCUT2D eigenvalue weighted by Crippen LogP contribution is -2.14. The van der Waals surface area contributed by atoms with E-state index < -0.39 is 11.7 Å². The highest BCUT2D eigenvalue weighted by atomic mass is 19.1. The lowest BCUT2D eigenvalue weighted by Gasteiger charge is -2.07. The Hall–Kier alpha value is -2.69. The van der Waals surface area contributed by atoms with Crippen LogP contribution in [0.5, 0.6) is 0 Å². The topological polar surface area (TPSA) is 54.0 Å². The lowest BCUT2D eigenvalue weighted by atomic mass is 10.2. The highest BCUT2D eigenvalue weighted by Gasteiger charge is 2.11. The Bertz CT molecular complexity index is 611. The van der Waals surface area contributed by atoms with Crippen LogP contribution in [0.2, 0.25) is 0 Å². The molecule has 1 heterocycles. The summed E-state index contributed by atoms with van der Waals surface area (Å²) in [7, 11) is 0. The van der Waals surface area contributed by atoms with Crippen LogP contribution < -0.4 is 10.6 Å². The molecule has 0 saturated carbocycles. The quantitative estimate of drug-likeness (QED) is 0.822. The van der Waals surface area contributed by atoms with Gasteiger partial charge in [0.15, 0.2) is 0 Å². The van der Waals surface area contributed by atoms with Crippen molar-refractivity contribution >= 4 is 17.4 Å². The molecule has 0 unspecified atom stereocenters. The van der Waals surface area contributed by atoms with Gasteiger partial charge >= 0.3 is 0 Å². The average Bonchev–Trinajstić information content (AvgIpc) is 2.47. The van der Waals surface area contributed by atoms with Crippen molar-refractivity contribution in [3.8, 4) is 0 Å². The maximum Gasteiger partial charge on any atom is 0.259 e. The largest absolute Gasteiger partial charge is 0.380 e. The zero-order valence-corrected chi connectivity index (χ0v) is 10.8. The molecular weight excluding hydrogens is 257 g/mol. The third kappa shape index (κ3) is 3.41. The number of amides is 1. The van der Waals surface area contributed by atoms with Crippen LogP contribution in [-0.2, 0) is 0 Å². The van der Waals surface area contributed by atoms with Gasteiger partial charge in [-0.15, -0.1) is 6.58 Å². The molecule has 0 spiro atoms. The molecular formula is C15H14FN3O. The van der Waals surface area contributed by atoms with Crippen molar-refractivity contribution < 1.29 is 9.18 Å². The summed E-state index contributed by atoms with van der Waals surface area (Å²) in [6.07, 6.45) is 3.31. The van der Waals surface area contributed by atoms with Gasteiger partial charge in [0.05, 0.1) is 17.4 Å². The Kier molecular flexibility index (Phi) is 4.44. The molecule has 4 nitrogen and oxygen atoms in total. The van der Waals surface area contributed by atoms with Crippen molar-refractivity contribution in [3.05, 3.63) is 66.6 Å². The number of halogens is 1. The van der Waals surface area contributed by atoms with Crippen LogP contribution in [0, 0.1) is 5.82 Å². The smallest absolute Gasteiger partial charge is 0.259 e. The fourth-order valence-electron chi connectivity index (χ4n) is 1.59. The van der Waals surface area contributed by atoms with Gasteiger partial charge in [-0.05, 0) is 24.3 Å². The number of pyridine rings is 1. The van der Waals surface area contributed by atoms with Gasteiger partial charge in [-0.25, -0.2) is 9.37 Å². The molecule has 0 aliphatic heterocycles. The standard InChI is InChI=1S/C15H14FN3O/c1-2-9-17-11-7-8-14(18-10-11)19-15(20)12-5-3-4-6-13(12)16/h2-8,10,17H,1,9H2,(H,18,19,20). The first-order valence-electron chi connectivity index (χ1n) is 6.07. The van der Waals surface area contributed by atoms with Gasteiger partial charge in [-0.3, -0.25) is 4.79 Å². The lowest BCUT2D eigenvalue weighted by molar-refractivity contribution is 0.102. The molecule has 0 atom stereocenters. The Morgan fingerprint density at radius 2 is 2.10 bits per heavy atom. The second kappa shape index (κ2) is 6.47. The number of nitrogens with zero attached hydrogens (tertiary/aromatic N) is 1. The summed E-state index contributed by atoms with van der Waals surface area (Å²) in [6, 6.07) is 9.21. The minimum Gasteiger partial charge on any atom is -0.380 e. The molecule has 0 radical (unpaired) electrons. The van der Waals surface area contributed by atoms with E-state index in [-0.39, 0.29) is 5.56 Å². The number of aromatic nitrogens is 1. The van der Waals surface area contributed by atoms with Gasteiger partial charge in [0.1, 0.15) is 11.6 Å². The molecule has 1 aromatic carbocycles. The van der Waals surface area contributed by atoms with Crippen LogP contribution >= 0.6 is 0 Å². The molecule has 0 fully saturated rings. The second-order valence-electron chi connectivity index (χ2n) is 4.04. The van der Waals surface area contributed by atoms with Crippen LogP contribution in [0.25, 0.3) is 0 Å². The van der Waals surface area contributed by atoms with Gasteiger partial charge in [0.25, 0.3) is 5.91 Å². The minimum absolute atomic E-state index is 0.0110. The Morgan fingerprint density at radius 1 is 1.30 bits per heavy atom. The van der Waals surface area contributed by atoms with Gasteiger partial charge in [-0.2, -0.15) is 0 Å². The first-order chi connectivity index (χ1) is 9.70. The van der Waals surface area contributed by atoms with E-state index in [2.05, 4.69) is 22.2 Å². The highest BCUT2D eigenvalue weighted by Crippen LogP contribution is 2.12. The monoisotopic (exact) mass is 271 g/mol. The molecule has 20 heavy (non-hydrogen) atoms. The zero-order valence-electron chi connectivity index (χ0n) is 10.8. The molecule has 2 N–H and O–H groups in total. The number of benzene rings is 1. The maximum absolute atomic E-state index is 13.4. The van der Waals surface area contributed by atoms with Gasteiger partial charge in [0, 0.05) is 6.54 Å². The molecule has 0 aliphatic rings. The number of hydrogen-bond acceptors (Lipinski definition) is 3. The fourth-order valence-corrected chi connectivity index (χ4v) is 1.59. The number of hydrogen-bond donors (Lipinski definition) is 2. The Morgan fingerprint density at radius 3 is 2.75 bits per heavy atom. The summed E-state index contributed by atoms with van der Waals surface area (Å²) < 4.78 is 13.4. The Labute approximate surface area is 116 Å². The van der Waals surface area contributed by atoms with Gasteiger partial charge in [0.2, 0.25) is 0 Å². The summed E-state index contributed by atoms with van der Waals surface area (Å²) in [5, 5.41) is 5.61. The molecule has 1 amide bonds. The van der Waals surface area contributed by atoms with Crippen molar-refractivity contribution in [1.29, 1.82) is 0 Å². The second-order valence-corrected chi connectivity index (χ2v) is 4.04. The molecule has 2 rings (SSSR count). The third-order valence-electron chi connectivity index (χ3n) is 2.57. The number of anilines is 2. The molecule has 102 valence electrons. The highest BCUT2D eigenvalue weighted by molar-refractivity contribution is 6.03. The Balaban J connectivity index is 2.05. The number of carbonyl (C=O) groups is 1. The minimum atomic E-state index is -0.561. The van der Waals surface area contributed by atoms with Crippen LogP contribution in [0.4, 0.5) is 15.9 Å². The number of rotatable bonds is 5. The van der Waals surface area contributed by atoms with Crippen molar-refractivity contribution in [1.82, 2.24) is 4.98 Å². The van der Waals surface area contributed by atoms with Crippen molar-refractivity contribution in [2.24, 2.45) is 0 Å². The van der Waals surface area contributed by atoms with Crippen LogP contribution in [0.3, 0.4) is 0 Å². The maximum atomic E-state index is 13.4. The summed E-state index contributed by atoms with van der Waals surface area (Å²) in [4.78, 5) is 15.9. The fraction of sp³-hybridized carbons (Fsp3) is 0.0667. The van der Waals surface area contributed by atoms with E-state index in [1.807, 2.05) is 0 Å². The molecule has 1 aromatic heterocycles.